The zero-order chi connectivity index (χ0) is 29.9. The van der Waals surface area contributed by atoms with Crippen molar-refractivity contribution in [1.29, 1.82) is 0 Å². The highest BCUT2D eigenvalue weighted by molar-refractivity contribution is 5.95. The first-order valence-electron chi connectivity index (χ1n) is 15.7. The number of fused-ring (bicyclic) bond motifs is 2. The SMILES string of the molecule is CC(C)c1nc2nn(CC3CCO3)cc2cc1-c1nc(-c2cccc3nn(CC(O)c4ccccc4)cc23)c(C2CC2)n1C. The minimum absolute atomic E-state index is 0.205. The lowest BCUT2D eigenvalue weighted by atomic mass is 10.0. The molecular weight excluding hydrogens is 550 g/mol. The van der Waals surface area contributed by atoms with Gasteiger partial charge in [0.05, 0.1) is 42.2 Å². The molecule has 5 heterocycles. The van der Waals surface area contributed by atoms with E-state index in [1.54, 1.807) is 0 Å². The highest BCUT2D eigenvalue weighted by Crippen LogP contribution is 2.47. The molecule has 2 unspecified atom stereocenters. The first kappa shape index (κ1) is 27.2. The number of hydrogen-bond acceptors (Lipinski definition) is 6. The van der Waals surface area contributed by atoms with Gasteiger partial charge in [-0.05, 0) is 42.9 Å². The van der Waals surface area contributed by atoms with Crippen molar-refractivity contribution in [3.8, 4) is 22.6 Å². The van der Waals surface area contributed by atoms with Crippen molar-refractivity contribution >= 4 is 21.9 Å². The van der Waals surface area contributed by atoms with Gasteiger partial charge in [-0.25, -0.2) is 9.97 Å². The van der Waals surface area contributed by atoms with Gasteiger partial charge in [0.1, 0.15) is 5.82 Å². The smallest absolute Gasteiger partial charge is 0.181 e. The standard InChI is InChI=1S/C35H37N7O2/c1-21(2)31-27(16-24-17-41(39-34(24)36-31)18-25-14-15-44-25)35-37-32(33(40(35)3)23-12-13-23)26-10-7-11-29-28(26)19-42(38-29)20-30(43)22-8-5-4-6-9-22/h4-11,16-17,19,21,23,25,30,43H,12-15,18,20H2,1-3H3. The average molecular weight is 588 g/mol. The molecule has 6 aromatic rings. The Kier molecular flexibility index (Phi) is 6.61. The van der Waals surface area contributed by atoms with Gasteiger partial charge in [-0.2, -0.15) is 10.2 Å². The highest BCUT2D eigenvalue weighted by Gasteiger charge is 2.33. The van der Waals surface area contributed by atoms with Crippen LogP contribution in [0.1, 0.15) is 68.0 Å². The second-order valence-corrected chi connectivity index (χ2v) is 12.6. The fourth-order valence-electron chi connectivity index (χ4n) is 6.49. The van der Waals surface area contributed by atoms with Crippen LogP contribution < -0.4 is 0 Å². The van der Waals surface area contributed by atoms with E-state index in [0.29, 0.717) is 12.5 Å². The predicted octanol–water partition coefficient (Wildman–Crippen LogP) is 6.37. The van der Waals surface area contributed by atoms with Gasteiger partial charge in [0.2, 0.25) is 0 Å². The van der Waals surface area contributed by atoms with E-state index in [9.17, 15) is 5.11 Å². The van der Waals surface area contributed by atoms with Crippen LogP contribution in [-0.2, 0) is 24.9 Å². The monoisotopic (exact) mass is 587 g/mol. The van der Waals surface area contributed by atoms with Crippen LogP contribution in [0.15, 0.2) is 67.0 Å². The minimum Gasteiger partial charge on any atom is -0.386 e. The molecule has 1 aliphatic carbocycles. The molecule has 1 N–H and O–H groups in total. The fourth-order valence-corrected chi connectivity index (χ4v) is 6.49. The number of ether oxygens (including phenoxy) is 1. The van der Waals surface area contributed by atoms with E-state index in [2.05, 4.69) is 56.1 Å². The van der Waals surface area contributed by atoms with Gasteiger partial charge in [-0.15, -0.1) is 0 Å². The number of hydrogen-bond donors (Lipinski definition) is 1. The lowest BCUT2D eigenvalue weighted by molar-refractivity contribution is -0.0608. The van der Waals surface area contributed by atoms with E-state index < -0.39 is 6.10 Å². The van der Waals surface area contributed by atoms with Crippen LogP contribution in [0.25, 0.3) is 44.6 Å². The minimum atomic E-state index is -0.639. The Morgan fingerprint density at radius 2 is 1.75 bits per heavy atom. The number of benzene rings is 2. The summed E-state index contributed by atoms with van der Waals surface area (Å²) in [5.41, 5.74) is 7.94. The van der Waals surface area contributed by atoms with Gasteiger partial charge in [0, 0.05) is 59.6 Å². The maximum Gasteiger partial charge on any atom is 0.181 e. The number of nitrogens with zero attached hydrogens (tertiary/aromatic N) is 7. The number of aromatic nitrogens is 7. The molecule has 1 aliphatic heterocycles. The summed E-state index contributed by atoms with van der Waals surface area (Å²) in [6, 6.07) is 18.2. The summed E-state index contributed by atoms with van der Waals surface area (Å²) in [7, 11) is 2.14. The van der Waals surface area contributed by atoms with Crippen molar-refractivity contribution in [1.82, 2.24) is 34.1 Å². The third-order valence-electron chi connectivity index (χ3n) is 9.04. The Morgan fingerprint density at radius 3 is 2.48 bits per heavy atom. The summed E-state index contributed by atoms with van der Waals surface area (Å²) in [6.45, 7) is 6.33. The predicted molar refractivity (Wildman–Crippen MR) is 170 cm³/mol. The maximum atomic E-state index is 10.9. The Labute approximate surface area is 256 Å². The second kappa shape index (κ2) is 10.7. The van der Waals surface area contributed by atoms with Gasteiger partial charge >= 0.3 is 0 Å². The number of aliphatic hydroxyl groups is 1. The summed E-state index contributed by atoms with van der Waals surface area (Å²) in [4.78, 5) is 10.5. The summed E-state index contributed by atoms with van der Waals surface area (Å²) >= 11 is 0. The highest BCUT2D eigenvalue weighted by atomic mass is 16.5. The van der Waals surface area contributed by atoms with Crippen molar-refractivity contribution in [2.24, 2.45) is 7.05 Å². The molecule has 9 nitrogen and oxygen atoms in total. The molecule has 2 aliphatic rings. The van der Waals surface area contributed by atoms with Gasteiger partial charge < -0.3 is 14.4 Å². The van der Waals surface area contributed by atoms with E-state index in [1.165, 1.54) is 5.69 Å². The van der Waals surface area contributed by atoms with Gasteiger partial charge in [0.25, 0.3) is 0 Å². The van der Waals surface area contributed by atoms with Crippen molar-refractivity contribution in [2.45, 2.75) is 70.2 Å². The summed E-state index contributed by atoms with van der Waals surface area (Å²) in [6.07, 6.45) is 7.13. The molecule has 2 fully saturated rings. The largest absolute Gasteiger partial charge is 0.386 e. The summed E-state index contributed by atoms with van der Waals surface area (Å²) in [5, 5.41) is 22.6. The Balaban J connectivity index is 1.22. The molecule has 1 saturated carbocycles. The van der Waals surface area contributed by atoms with Crippen LogP contribution in [0.5, 0.6) is 0 Å². The van der Waals surface area contributed by atoms with Crippen LogP contribution in [0.3, 0.4) is 0 Å². The molecule has 2 aromatic carbocycles. The summed E-state index contributed by atoms with van der Waals surface area (Å²) < 4.78 is 11.8. The Morgan fingerprint density at radius 1 is 0.932 bits per heavy atom. The van der Waals surface area contributed by atoms with E-state index >= 15 is 0 Å². The molecule has 0 spiro atoms. The molecule has 0 bridgehead atoms. The zero-order valence-electron chi connectivity index (χ0n) is 25.4. The van der Waals surface area contributed by atoms with Crippen molar-refractivity contribution in [3.63, 3.8) is 0 Å². The van der Waals surface area contributed by atoms with Gasteiger partial charge in [-0.3, -0.25) is 9.36 Å². The first-order chi connectivity index (χ1) is 21.4. The molecule has 4 aromatic heterocycles. The normalized spacial score (nSPS) is 17.5. The summed E-state index contributed by atoms with van der Waals surface area (Å²) in [5.74, 6) is 1.61. The maximum absolute atomic E-state index is 10.9. The van der Waals surface area contributed by atoms with Gasteiger partial charge in [-0.1, -0.05) is 56.3 Å². The third-order valence-corrected chi connectivity index (χ3v) is 9.04. The third kappa shape index (κ3) is 4.80. The molecule has 44 heavy (non-hydrogen) atoms. The van der Waals surface area contributed by atoms with Crippen LogP contribution in [-0.4, -0.2) is 51.9 Å². The molecule has 9 heteroatoms. The molecule has 0 amide bonds. The molecule has 1 saturated heterocycles. The van der Waals surface area contributed by atoms with Crippen LogP contribution >= 0.6 is 0 Å². The van der Waals surface area contributed by atoms with Crippen molar-refractivity contribution < 1.29 is 9.84 Å². The van der Waals surface area contributed by atoms with Crippen LogP contribution in [0.4, 0.5) is 0 Å². The zero-order valence-corrected chi connectivity index (χ0v) is 25.4. The quantitative estimate of drug-likeness (QED) is 0.211. The second-order valence-electron chi connectivity index (χ2n) is 12.6. The average Bonchev–Trinajstić information content (AvgIpc) is 3.47. The molecule has 8 rings (SSSR count). The van der Waals surface area contributed by atoms with E-state index in [-0.39, 0.29) is 12.0 Å². The number of imidazole rings is 1. The Bertz CT molecular complexity index is 1980. The number of aliphatic hydroxyl groups excluding tert-OH is 1. The van der Waals surface area contributed by atoms with Crippen molar-refractivity contribution in [3.05, 3.63) is 83.9 Å². The lowest BCUT2D eigenvalue weighted by Crippen LogP contribution is -2.31. The molecular formula is C35H37N7O2. The van der Waals surface area contributed by atoms with E-state index in [4.69, 9.17) is 24.9 Å². The van der Waals surface area contributed by atoms with E-state index in [0.717, 1.165) is 88.3 Å². The van der Waals surface area contributed by atoms with Crippen molar-refractivity contribution in [2.75, 3.05) is 6.61 Å². The first-order valence-corrected chi connectivity index (χ1v) is 15.7. The lowest BCUT2D eigenvalue weighted by Gasteiger charge is -2.25. The number of pyridine rings is 1. The van der Waals surface area contributed by atoms with Gasteiger partial charge in [0.15, 0.2) is 5.65 Å². The number of rotatable bonds is 9. The topological polar surface area (TPSA) is 95.8 Å². The van der Waals surface area contributed by atoms with Crippen LogP contribution in [0.2, 0.25) is 0 Å². The van der Waals surface area contributed by atoms with E-state index in [1.807, 2.05) is 45.8 Å². The van der Waals surface area contributed by atoms with Crippen LogP contribution in [0, 0.1) is 0 Å². The molecule has 2 atom stereocenters. The molecule has 224 valence electrons. The Hall–Kier alpha value is -4.34. The molecule has 0 radical (unpaired) electrons. The fraction of sp³-hybridized carbons (Fsp3) is 0.371.